The number of hydrogen-bond donors (Lipinski definition) is 2. The van der Waals surface area contributed by atoms with E-state index in [9.17, 15) is 4.79 Å². The topological polar surface area (TPSA) is 41.1 Å². The van der Waals surface area contributed by atoms with Crippen molar-refractivity contribution in [2.75, 3.05) is 19.6 Å². The summed E-state index contributed by atoms with van der Waals surface area (Å²) < 4.78 is 0. The molecule has 17 heavy (non-hydrogen) atoms. The molecule has 0 saturated carbocycles. The second-order valence-electron chi connectivity index (χ2n) is 4.62. The second-order valence-corrected chi connectivity index (χ2v) is 4.62. The molecular formula is C14H20N2O. The first-order valence-corrected chi connectivity index (χ1v) is 6.40. The molecular weight excluding hydrogens is 212 g/mol. The minimum absolute atomic E-state index is 0.0365. The lowest BCUT2D eigenvalue weighted by Crippen LogP contribution is -2.33. The molecule has 1 aliphatic heterocycles. The maximum Gasteiger partial charge on any atom is 0.251 e. The summed E-state index contributed by atoms with van der Waals surface area (Å²) in [6, 6.07) is 9.39. The van der Waals surface area contributed by atoms with Crippen molar-refractivity contribution in [1.82, 2.24) is 10.6 Å². The van der Waals surface area contributed by atoms with Crippen molar-refractivity contribution in [3.05, 3.63) is 35.9 Å². The Bertz CT molecular complexity index is 344. The molecule has 3 heteroatoms. The quantitative estimate of drug-likeness (QED) is 0.831. The molecule has 0 radical (unpaired) electrons. The first-order valence-electron chi connectivity index (χ1n) is 6.40. The Kier molecular flexibility index (Phi) is 4.56. The van der Waals surface area contributed by atoms with Crippen LogP contribution in [0.15, 0.2) is 30.3 Å². The van der Waals surface area contributed by atoms with Gasteiger partial charge in [-0.15, -0.1) is 0 Å². The van der Waals surface area contributed by atoms with Gasteiger partial charge in [0, 0.05) is 12.1 Å². The summed E-state index contributed by atoms with van der Waals surface area (Å²) >= 11 is 0. The highest BCUT2D eigenvalue weighted by Gasteiger charge is 2.12. The van der Waals surface area contributed by atoms with Crippen LogP contribution < -0.4 is 10.6 Å². The number of carbonyl (C=O) groups is 1. The van der Waals surface area contributed by atoms with E-state index in [-0.39, 0.29) is 5.91 Å². The molecule has 1 unspecified atom stereocenters. The second kappa shape index (κ2) is 6.40. The van der Waals surface area contributed by atoms with E-state index in [1.807, 2.05) is 30.3 Å². The average Bonchev–Trinajstić information content (AvgIpc) is 2.41. The van der Waals surface area contributed by atoms with Crippen molar-refractivity contribution in [1.29, 1.82) is 0 Å². The fraction of sp³-hybridized carbons (Fsp3) is 0.500. The monoisotopic (exact) mass is 232 g/mol. The Hall–Kier alpha value is -1.35. The van der Waals surface area contributed by atoms with Crippen molar-refractivity contribution in [3.63, 3.8) is 0 Å². The smallest absolute Gasteiger partial charge is 0.251 e. The van der Waals surface area contributed by atoms with Gasteiger partial charge in [0.05, 0.1) is 0 Å². The van der Waals surface area contributed by atoms with E-state index >= 15 is 0 Å². The molecule has 3 nitrogen and oxygen atoms in total. The summed E-state index contributed by atoms with van der Waals surface area (Å²) in [6.45, 7) is 3.02. The minimum atomic E-state index is 0.0365. The van der Waals surface area contributed by atoms with Gasteiger partial charge in [-0.2, -0.15) is 0 Å². The predicted molar refractivity (Wildman–Crippen MR) is 69.0 cm³/mol. The molecule has 1 aromatic carbocycles. The molecule has 1 heterocycles. The van der Waals surface area contributed by atoms with Crippen molar-refractivity contribution in [2.24, 2.45) is 5.92 Å². The number of nitrogens with one attached hydrogen (secondary N) is 2. The number of benzene rings is 1. The number of hydrogen-bond acceptors (Lipinski definition) is 2. The van der Waals surface area contributed by atoms with Gasteiger partial charge in [0.2, 0.25) is 0 Å². The largest absolute Gasteiger partial charge is 0.352 e. The van der Waals surface area contributed by atoms with Crippen LogP contribution in [0.1, 0.15) is 29.6 Å². The van der Waals surface area contributed by atoms with Crippen LogP contribution in [0.3, 0.4) is 0 Å². The summed E-state index contributed by atoms with van der Waals surface area (Å²) in [6.07, 6.45) is 3.62. The normalized spacial score (nSPS) is 19.9. The van der Waals surface area contributed by atoms with E-state index in [2.05, 4.69) is 10.6 Å². The van der Waals surface area contributed by atoms with Gasteiger partial charge in [-0.3, -0.25) is 4.79 Å². The van der Waals surface area contributed by atoms with E-state index in [1.165, 1.54) is 12.8 Å². The van der Waals surface area contributed by atoms with E-state index < -0.39 is 0 Å². The summed E-state index contributed by atoms with van der Waals surface area (Å²) in [5, 5.41) is 6.37. The molecule has 1 atom stereocenters. The maximum absolute atomic E-state index is 11.8. The Labute approximate surface area is 103 Å². The van der Waals surface area contributed by atoms with E-state index in [0.29, 0.717) is 0 Å². The van der Waals surface area contributed by atoms with Gasteiger partial charge in [-0.25, -0.2) is 0 Å². The fourth-order valence-electron chi connectivity index (χ4n) is 2.25. The van der Waals surface area contributed by atoms with Crippen molar-refractivity contribution >= 4 is 5.91 Å². The third-order valence-corrected chi connectivity index (χ3v) is 3.27. The Morgan fingerprint density at radius 1 is 1.35 bits per heavy atom. The summed E-state index contributed by atoms with van der Waals surface area (Å²) in [4.78, 5) is 11.8. The zero-order chi connectivity index (χ0) is 11.9. The van der Waals surface area contributed by atoms with E-state index in [0.717, 1.165) is 37.5 Å². The van der Waals surface area contributed by atoms with Crippen LogP contribution >= 0.6 is 0 Å². The number of carbonyl (C=O) groups excluding carboxylic acids is 1. The zero-order valence-corrected chi connectivity index (χ0v) is 10.1. The Morgan fingerprint density at radius 3 is 2.88 bits per heavy atom. The van der Waals surface area contributed by atoms with Gasteiger partial charge in [0.1, 0.15) is 0 Å². The SMILES string of the molecule is O=C(NCCC1CCCNC1)c1ccccc1. The summed E-state index contributed by atoms with van der Waals surface area (Å²) in [7, 11) is 0. The minimum Gasteiger partial charge on any atom is -0.352 e. The zero-order valence-electron chi connectivity index (χ0n) is 10.1. The standard InChI is InChI=1S/C14H20N2O/c17-14(13-6-2-1-3-7-13)16-10-8-12-5-4-9-15-11-12/h1-3,6-7,12,15H,4-5,8-11H2,(H,16,17). The average molecular weight is 232 g/mol. The highest BCUT2D eigenvalue weighted by molar-refractivity contribution is 5.94. The Morgan fingerprint density at radius 2 is 2.18 bits per heavy atom. The summed E-state index contributed by atoms with van der Waals surface area (Å²) in [5.74, 6) is 0.759. The third kappa shape index (κ3) is 3.86. The van der Waals surface area contributed by atoms with Crippen LogP contribution in [0, 0.1) is 5.92 Å². The van der Waals surface area contributed by atoms with Gasteiger partial charge >= 0.3 is 0 Å². The van der Waals surface area contributed by atoms with Crippen LogP contribution in [-0.2, 0) is 0 Å². The molecule has 2 N–H and O–H groups in total. The fourth-order valence-corrected chi connectivity index (χ4v) is 2.25. The summed E-state index contributed by atoms with van der Waals surface area (Å²) in [5.41, 5.74) is 0.745. The number of rotatable bonds is 4. The maximum atomic E-state index is 11.8. The molecule has 2 rings (SSSR count). The molecule has 0 bridgehead atoms. The molecule has 1 saturated heterocycles. The van der Waals surface area contributed by atoms with E-state index in [1.54, 1.807) is 0 Å². The van der Waals surface area contributed by atoms with Gasteiger partial charge in [-0.1, -0.05) is 18.2 Å². The van der Waals surface area contributed by atoms with Crippen LogP contribution in [-0.4, -0.2) is 25.5 Å². The van der Waals surface area contributed by atoms with Crippen molar-refractivity contribution in [3.8, 4) is 0 Å². The lowest BCUT2D eigenvalue weighted by molar-refractivity contribution is 0.0950. The van der Waals surface area contributed by atoms with Gasteiger partial charge in [0.25, 0.3) is 5.91 Å². The molecule has 1 aliphatic rings. The van der Waals surface area contributed by atoms with Crippen LogP contribution in [0.2, 0.25) is 0 Å². The van der Waals surface area contributed by atoms with Crippen LogP contribution in [0.5, 0.6) is 0 Å². The third-order valence-electron chi connectivity index (χ3n) is 3.27. The van der Waals surface area contributed by atoms with Gasteiger partial charge < -0.3 is 10.6 Å². The van der Waals surface area contributed by atoms with Crippen LogP contribution in [0.4, 0.5) is 0 Å². The number of piperidine rings is 1. The lowest BCUT2D eigenvalue weighted by atomic mass is 9.96. The van der Waals surface area contributed by atoms with Crippen LogP contribution in [0.25, 0.3) is 0 Å². The molecule has 0 aliphatic carbocycles. The molecule has 1 amide bonds. The molecule has 92 valence electrons. The molecule has 0 spiro atoms. The van der Waals surface area contributed by atoms with E-state index in [4.69, 9.17) is 0 Å². The molecule has 1 aromatic rings. The first-order chi connectivity index (χ1) is 8.36. The lowest BCUT2D eigenvalue weighted by Gasteiger charge is -2.22. The van der Waals surface area contributed by atoms with Gasteiger partial charge in [0.15, 0.2) is 0 Å². The molecule has 0 aromatic heterocycles. The molecule has 1 fully saturated rings. The highest BCUT2D eigenvalue weighted by atomic mass is 16.1. The van der Waals surface area contributed by atoms with Gasteiger partial charge in [-0.05, 0) is 50.4 Å². The predicted octanol–water partition coefficient (Wildman–Crippen LogP) is 1.81. The highest BCUT2D eigenvalue weighted by Crippen LogP contribution is 2.12. The van der Waals surface area contributed by atoms with Crippen molar-refractivity contribution < 1.29 is 4.79 Å². The Balaban J connectivity index is 1.69. The van der Waals surface area contributed by atoms with Crippen molar-refractivity contribution in [2.45, 2.75) is 19.3 Å². The number of amides is 1. The first kappa shape index (κ1) is 12.1.